The van der Waals surface area contributed by atoms with E-state index in [-0.39, 0.29) is 28.9 Å². The Morgan fingerprint density at radius 2 is 1.97 bits per heavy atom. The molecule has 3 heterocycles. The summed E-state index contributed by atoms with van der Waals surface area (Å²) in [6, 6.07) is 0. The first-order valence-corrected chi connectivity index (χ1v) is 9.55. The van der Waals surface area contributed by atoms with Crippen LogP contribution in [0.4, 0.5) is 14.5 Å². The first kappa shape index (κ1) is 21.6. The number of hydrogen-bond acceptors (Lipinski definition) is 5. The van der Waals surface area contributed by atoms with Crippen LogP contribution in [0.1, 0.15) is 33.9 Å². The van der Waals surface area contributed by atoms with Gasteiger partial charge in [0.15, 0.2) is 0 Å². The third-order valence-electron chi connectivity index (χ3n) is 4.30. The zero-order valence-corrected chi connectivity index (χ0v) is 17.9. The van der Waals surface area contributed by atoms with Crippen molar-refractivity contribution in [3.8, 4) is 0 Å². The Bertz CT molecular complexity index is 1090. The second-order valence-corrected chi connectivity index (χ2v) is 7.32. The maximum Gasteiger partial charge on any atom is 0.283 e. The van der Waals surface area contributed by atoms with Gasteiger partial charge in [0.05, 0.1) is 28.2 Å². The Morgan fingerprint density at radius 1 is 1.23 bits per heavy atom. The van der Waals surface area contributed by atoms with Gasteiger partial charge in [-0.2, -0.15) is 15.3 Å². The minimum Gasteiger partial charge on any atom is -0.346 e. The average Bonchev–Trinajstić information content (AvgIpc) is 3.34. The fourth-order valence-corrected chi connectivity index (χ4v) is 3.25. The molecule has 0 bridgehead atoms. The van der Waals surface area contributed by atoms with E-state index in [4.69, 9.17) is 0 Å². The SMILES string of the molecule is Cc1c(Br)c(C(F)F)nn1CC(=O)Nc1cnn(C)c1C(=O)NCc1cnn(C)c1. The summed E-state index contributed by atoms with van der Waals surface area (Å²) in [4.78, 5) is 25.0. The molecule has 10 nitrogen and oxygen atoms in total. The quantitative estimate of drug-likeness (QED) is 0.532. The van der Waals surface area contributed by atoms with Gasteiger partial charge in [-0.1, -0.05) is 0 Å². The van der Waals surface area contributed by atoms with Gasteiger partial charge in [-0.3, -0.25) is 23.6 Å². The first-order chi connectivity index (χ1) is 14.2. The third kappa shape index (κ3) is 4.56. The van der Waals surface area contributed by atoms with Gasteiger partial charge in [0.1, 0.15) is 17.9 Å². The average molecular weight is 485 g/mol. The molecule has 3 aromatic rings. The number of amides is 2. The van der Waals surface area contributed by atoms with Crippen molar-refractivity contribution in [3.05, 3.63) is 45.7 Å². The van der Waals surface area contributed by atoms with Gasteiger partial charge in [-0.05, 0) is 22.9 Å². The summed E-state index contributed by atoms with van der Waals surface area (Å²) in [7, 11) is 3.34. The van der Waals surface area contributed by atoms with Gasteiger partial charge in [0.25, 0.3) is 12.3 Å². The molecular formula is C17H19BrF2N8O2. The van der Waals surface area contributed by atoms with Gasteiger partial charge in [-0.15, -0.1) is 0 Å². The number of nitrogens with zero attached hydrogens (tertiary/aromatic N) is 6. The van der Waals surface area contributed by atoms with Gasteiger partial charge >= 0.3 is 0 Å². The minimum absolute atomic E-state index is 0.152. The highest BCUT2D eigenvalue weighted by atomic mass is 79.9. The highest BCUT2D eigenvalue weighted by molar-refractivity contribution is 9.10. The van der Waals surface area contributed by atoms with Gasteiger partial charge in [0, 0.05) is 32.4 Å². The number of aryl methyl sites for hydroxylation is 2. The summed E-state index contributed by atoms with van der Waals surface area (Å²) in [6.07, 6.45) is 1.97. The zero-order chi connectivity index (χ0) is 22.0. The monoisotopic (exact) mass is 484 g/mol. The van der Waals surface area contributed by atoms with E-state index in [1.54, 1.807) is 38.1 Å². The number of nitrogens with one attached hydrogen (secondary N) is 2. The largest absolute Gasteiger partial charge is 0.346 e. The van der Waals surface area contributed by atoms with Crippen molar-refractivity contribution >= 4 is 33.4 Å². The topological polar surface area (TPSA) is 112 Å². The normalized spacial score (nSPS) is 11.2. The highest BCUT2D eigenvalue weighted by Gasteiger charge is 2.23. The molecule has 30 heavy (non-hydrogen) atoms. The number of alkyl halides is 2. The molecule has 2 amide bonds. The lowest BCUT2D eigenvalue weighted by molar-refractivity contribution is -0.117. The molecule has 0 aliphatic heterocycles. The first-order valence-electron chi connectivity index (χ1n) is 8.76. The number of hydrogen-bond donors (Lipinski definition) is 2. The molecule has 0 aliphatic rings. The van der Waals surface area contributed by atoms with E-state index in [1.165, 1.54) is 15.6 Å². The summed E-state index contributed by atoms with van der Waals surface area (Å²) in [5.41, 5.74) is 1.12. The molecule has 3 rings (SSSR count). The van der Waals surface area contributed by atoms with Crippen molar-refractivity contribution in [1.82, 2.24) is 34.7 Å². The number of carbonyl (C=O) groups excluding carboxylic acids is 2. The van der Waals surface area contributed by atoms with E-state index in [1.807, 2.05) is 0 Å². The Kier molecular flexibility index (Phi) is 6.29. The summed E-state index contributed by atoms with van der Waals surface area (Å²) in [5, 5.41) is 17.1. The van der Waals surface area contributed by atoms with Crippen LogP contribution >= 0.6 is 15.9 Å². The van der Waals surface area contributed by atoms with E-state index in [0.717, 1.165) is 5.56 Å². The van der Waals surface area contributed by atoms with E-state index >= 15 is 0 Å². The zero-order valence-electron chi connectivity index (χ0n) is 16.4. The fraction of sp³-hybridized carbons (Fsp3) is 0.353. The molecular weight excluding hydrogens is 466 g/mol. The molecule has 3 aromatic heterocycles. The molecule has 0 aromatic carbocycles. The van der Waals surface area contributed by atoms with Crippen LogP contribution in [0.25, 0.3) is 0 Å². The van der Waals surface area contributed by atoms with Crippen molar-refractivity contribution in [2.45, 2.75) is 26.4 Å². The lowest BCUT2D eigenvalue weighted by Gasteiger charge is -2.09. The summed E-state index contributed by atoms with van der Waals surface area (Å²) in [6.45, 7) is 1.52. The van der Waals surface area contributed by atoms with Crippen molar-refractivity contribution in [2.75, 3.05) is 5.32 Å². The van der Waals surface area contributed by atoms with Crippen molar-refractivity contribution in [1.29, 1.82) is 0 Å². The predicted octanol–water partition coefficient (Wildman–Crippen LogP) is 1.93. The smallest absolute Gasteiger partial charge is 0.283 e. The molecule has 0 spiro atoms. The van der Waals surface area contributed by atoms with Gasteiger partial charge < -0.3 is 10.6 Å². The van der Waals surface area contributed by atoms with Crippen molar-refractivity contribution < 1.29 is 18.4 Å². The molecule has 0 unspecified atom stereocenters. The molecule has 0 aliphatic carbocycles. The number of rotatable bonds is 7. The van der Waals surface area contributed by atoms with Crippen LogP contribution in [0.15, 0.2) is 23.1 Å². The van der Waals surface area contributed by atoms with Crippen LogP contribution in [0, 0.1) is 6.92 Å². The maximum absolute atomic E-state index is 13.0. The second kappa shape index (κ2) is 8.73. The van der Waals surface area contributed by atoms with E-state index < -0.39 is 23.9 Å². The Labute approximate surface area is 178 Å². The maximum atomic E-state index is 13.0. The number of carbonyl (C=O) groups is 2. The molecule has 13 heteroatoms. The molecule has 0 atom stereocenters. The summed E-state index contributed by atoms with van der Waals surface area (Å²) in [5.74, 6) is -0.977. The lowest BCUT2D eigenvalue weighted by Crippen LogP contribution is -2.27. The van der Waals surface area contributed by atoms with Crippen LogP contribution in [0.5, 0.6) is 0 Å². The van der Waals surface area contributed by atoms with E-state index in [2.05, 4.69) is 41.9 Å². The number of halogens is 3. The third-order valence-corrected chi connectivity index (χ3v) is 5.28. The molecule has 160 valence electrons. The van der Waals surface area contributed by atoms with Crippen LogP contribution in [-0.2, 0) is 32.0 Å². The minimum atomic E-state index is -2.77. The van der Waals surface area contributed by atoms with E-state index in [0.29, 0.717) is 5.69 Å². The molecule has 0 fully saturated rings. The standard InChI is InChI=1S/C17H19BrF2N8O2/c1-9-13(18)14(16(19)20)25-28(9)8-12(29)24-11-6-23-27(3)15(11)17(30)21-4-10-5-22-26(2)7-10/h5-7,16H,4,8H2,1-3H3,(H,21,30)(H,24,29). The number of anilines is 1. The van der Waals surface area contributed by atoms with Crippen molar-refractivity contribution in [3.63, 3.8) is 0 Å². The Morgan fingerprint density at radius 3 is 2.57 bits per heavy atom. The molecule has 0 radical (unpaired) electrons. The van der Waals surface area contributed by atoms with Crippen LogP contribution in [0.2, 0.25) is 0 Å². The van der Waals surface area contributed by atoms with E-state index in [9.17, 15) is 18.4 Å². The van der Waals surface area contributed by atoms with Crippen LogP contribution in [0.3, 0.4) is 0 Å². The highest BCUT2D eigenvalue weighted by Crippen LogP contribution is 2.29. The molecule has 2 N–H and O–H groups in total. The van der Waals surface area contributed by atoms with Crippen LogP contribution < -0.4 is 10.6 Å². The lowest BCUT2D eigenvalue weighted by atomic mass is 10.3. The summed E-state index contributed by atoms with van der Waals surface area (Å²) < 4.78 is 30.2. The Hall–Kier alpha value is -3.09. The second-order valence-electron chi connectivity index (χ2n) is 6.53. The van der Waals surface area contributed by atoms with Crippen molar-refractivity contribution in [2.24, 2.45) is 14.1 Å². The molecule has 0 saturated carbocycles. The summed E-state index contributed by atoms with van der Waals surface area (Å²) >= 11 is 3.06. The van der Waals surface area contributed by atoms with Crippen LogP contribution in [-0.4, -0.2) is 41.2 Å². The number of aromatic nitrogens is 6. The predicted molar refractivity (Wildman–Crippen MR) is 106 cm³/mol. The fourth-order valence-electron chi connectivity index (χ4n) is 2.79. The van der Waals surface area contributed by atoms with Gasteiger partial charge in [0.2, 0.25) is 5.91 Å². The van der Waals surface area contributed by atoms with Gasteiger partial charge in [-0.25, -0.2) is 8.78 Å². The molecule has 0 saturated heterocycles. The Balaban J connectivity index is 1.69.